The predicted octanol–water partition coefficient (Wildman–Crippen LogP) is 5.56. The SMILES string of the molecule is Cn1c(C2=C(C(F)(F)F)C=CCC=C2)nnc1C12CCC(CCS(=O)(=O)C(F)(F)F)(CC1)CC2. The fraction of sp³-hybridized carbons (Fsp3) is 0.636. The van der Waals surface area contributed by atoms with E-state index in [0.29, 0.717) is 50.8 Å². The molecule has 1 heterocycles. The van der Waals surface area contributed by atoms with Crippen LogP contribution in [0.5, 0.6) is 0 Å². The van der Waals surface area contributed by atoms with Crippen LogP contribution in [-0.4, -0.2) is 40.6 Å². The van der Waals surface area contributed by atoms with Crippen LogP contribution in [0.25, 0.3) is 5.57 Å². The van der Waals surface area contributed by atoms with Crippen LogP contribution < -0.4 is 0 Å². The maximum atomic E-state index is 13.7. The van der Waals surface area contributed by atoms with E-state index in [-0.39, 0.29) is 17.8 Å². The maximum Gasteiger partial charge on any atom is 0.497 e. The Bertz CT molecular complexity index is 1130. The van der Waals surface area contributed by atoms with Crippen molar-refractivity contribution in [3.05, 3.63) is 41.5 Å². The van der Waals surface area contributed by atoms with Gasteiger partial charge >= 0.3 is 11.7 Å². The Balaban J connectivity index is 1.58. The van der Waals surface area contributed by atoms with Gasteiger partial charge in [-0.2, -0.15) is 26.3 Å². The molecule has 0 amide bonds. The summed E-state index contributed by atoms with van der Waals surface area (Å²) in [6.45, 7) is 0. The first kappa shape index (κ1) is 25.0. The van der Waals surface area contributed by atoms with Crippen LogP contribution in [0.15, 0.2) is 29.9 Å². The normalized spacial score (nSPS) is 28.0. The van der Waals surface area contributed by atoms with Gasteiger partial charge in [-0.1, -0.05) is 24.3 Å². The molecule has 12 heteroatoms. The van der Waals surface area contributed by atoms with Gasteiger partial charge in [-0.25, -0.2) is 8.42 Å². The smallest absolute Gasteiger partial charge is 0.314 e. The lowest BCUT2D eigenvalue weighted by Crippen LogP contribution is -2.46. The molecule has 3 fully saturated rings. The molecule has 0 radical (unpaired) electrons. The second-order valence-electron chi connectivity index (χ2n) is 9.57. The van der Waals surface area contributed by atoms with Crippen LogP contribution in [-0.2, 0) is 22.3 Å². The molecule has 0 N–H and O–H groups in total. The summed E-state index contributed by atoms with van der Waals surface area (Å²) in [5, 5.41) is 8.39. The molecule has 3 saturated carbocycles. The molecule has 0 atom stereocenters. The molecule has 0 unspecified atom stereocenters. The number of sulfone groups is 1. The fourth-order valence-electron chi connectivity index (χ4n) is 5.54. The van der Waals surface area contributed by atoms with E-state index in [0.717, 1.165) is 6.08 Å². The Kier molecular flexibility index (Phi) is 6.05. The van der Waals surface area contributed by atoms with E-state index in [9.17, 15) is 34.8 Å². The number of fused-ring (bicyclic) bond motifs is 3. The monoisotopic (exact) mass is 509 g/mol. The fourth-order valence-corrected chi connectivity index (χ4v) is 6.47. The highest BCUT2D eigenvalue weighted by molar-refractivity contribution is 7.92. The highest BCUT2D eigenvalue weighted by Crippen LogP contribution is 2.59. The van der Waals surface area contributed by atoms with E-state index in [1.807, 2.05) is 0 Å². The van der Waals surface area contributed by atoms with E-state index in [2.05, 4.69) is 10.2 Å². The molecule has 5 rings (SSSR count). The molecule has 5 nitrogen and oxygen atoms in total. The lowest BCUT2D eigenvalue weighted by molar-refractivity contribution is -0.0876. The van der Waals surface area contributed by atoms with Gasteiger partial charge in [0.05, 0.1) is 11.3 Å². The summed E-state index contributed by atoms with van der Waals surface area (Å²) < 4.78 is 104. The van der Waals surface area contributed by atoms with Crippen molar-refractivity contribution in [1.82, 2.24) is 14.8 Å². The van der Waals surface area contributed by atoms with Crippen molar-refractivity contribution in [1.29, 1.82) is 0 Å². The van der Waals surface area contributed by atoms with Crippen molar-refractivity contribution < 1.29 is 34.8 Å². The molecule has 0 spiro atoms. The molecule has 4 aliphatic rings. The Morgan fingerprint density at radius 3 is 2.09 bits per heavy atom. The number of aromatic nitrogens is 3. The summed E-state index contributed by atoms with van der Waals surface area (Å²) in [7, 11) is -3.53. The number of nitrogens with zero attached hydrogens (tertiary/aromatic N) is 3. The van der Waals surface area contributed by atoms with Crippen molar-refractivity contribution in [3.8, 4) is 0 Å². The molecule has 34 heavy (non-hydrogen) atoms. The Morgan fingerprint density at radius 1 is 0.941 bits per heavy atom. The van der Waals surface area contributed by atoms with Gasteiger partial charge in [0, 0.05) is 18.0 Å². The topological polar surface area (TPSA) is 64.8 Å². The number of hydrogen-bond acceptors (Lipinski definition) is 4. The molecule has 0 aromatic carbocycles. The molecule has 188 valence electrons. The second-order valence-corrected chi connectivity index (χ2v) is 11.7. The third-order valence-electron chi connectivity index (χ3n) is 7.68. The average Bonchev–Trinajstić information content (AvgIpc) is 2.98. The average molecular weight is 510 g/mol. The molecular formula is C22H25F6N3O2S. The third kappa shape index (κ3) is 4.33. The number of allylic oxidation sites excluding steroid dienone is 6. The van der Waals surface area contributed by atoms with Gasteiger partial charge in [0.2, 0.25) is 9.84 Å². The van der Waals surface area contributed by atoms with Crippen LogP contribution >= 0.6 is 0 Å². The molecule has 4 aliphatic carbocycles. The van der Waals surface area contributed by atoms with Gasteiger partial charge in [-0.3, -0.25) is 0 Å². The van der Waals surface area contributed by atoms with Crippen LogP contribution in [0.4, 0.5) is 26.3 Å². The van der Waals surface area contributed by atoms with E-state index >= 15 is 0 Å². The summed E-state index contributed by atoms with van der Waals surface area (Å²) in [4.78, 5) is 0. The molecular weight excluding hydrogens is 484 g/mol. The van der Waals surface area contributed by atoms with Gasteiger partial charge in [-0.05, 0) is 56.8 Å². The van der Waals surface area contributed by atoms with Crippen LogP contribution in [0, 0.1) is 5.41 Å². The number of alkyl halides is 6. The molecule has 0 saturated heterocycles. The van der Waals surface area contributed by atoms with E-state index < -0.39 is 43.7 Å². The van der Waals surface area contributed by atoms with Gasteiger partial charge in [0.15, 0.2) is 5.82 Å². The molecule has 0 aliphatic heterocycles. The minimum atomic E-state index is -5.25. The highest BCUT2D eigenvalue weighted by atomic mass is 32.2. The lowest BCUT2D eigenvalue weighted by Gasteiger charge is -2.53. The van der Waals surface area contributed by atoms with Crippen molar-refractivity contribution in [2.75, 3.05) is 5.75 Å². The lowest BCUT2D eigenvalue weighted by atomic mass is 9.52. The third-order valence-corrected chi connectivity index (χ3v) is 9.13. The van der Waals surface area contributed by atoms with Gasteiger partial charge in [0.25, 0.3) is 0 Å². The Labute approximate surface area is 193 Å². The zero-order chi connectivity index (χ0) is 25.0. The minimum absolute atomic E-state index is 0.0477. The zero-order valence-corrected chi connectivity index (χ0v) is 19.3. The van der Waals surface area contributed by atoms with Crippen molar-refractivity contribution in [2.45, 2.75) is 68.5 Å². The van der Waals surface area contributed by atoms with Gasteiger partial charge in [-0.15, -0.1) is 10.2 Å². The van der Waals surface area contributed by atoms with Crippen molar-refractivity contribution >= 4 is 15.4 Å². The Morgan fingerprint density at radius 2 is 1.53 bits per heavy atom. The zero-order valence-electron chi connectivity index (χ0n) is 18.5. The highest BCUT2D eigenvalue weighted by Gasteiger charge is 2.53. The summed E-state index contributed by atoms with van der Waals surface area (Å²) in [6.07, 6.45) is 4.63. The minimum Gasteiger partial charge on any atom is -0.314 e. The molecule has 2 bridgehead atoms. The van der Waals surface area contributed by atoms with E-state index in [1.54, 1.807) is 17.7 Å². The summed E-state index contributed by atoms with van der Waals surface area (Å²) in [6, 6.07) is 0. The summed E-state index contributed by atoms with van der Waals surface area (Å²) in [5.41, 5.74) is -7.01. The number of hydrogen-bond donors (Lipinski definition) is 0. The quantitative estimate of drug-likeness (QED) is 0.488. The first-order chi connectivity index (χ1) is 15.7. The largest absolute Gasteiger partial charge is 0.497 e. The first-order valence-corrected chi connectivity index (χ1v) is 12.7. The van der Waals surface area contributed by atoms with Crippen LogP contribution in [0.1, 0.15) is 63.0 Å². The van der Waals surface area contributed by atoms with E-state index in [4.69, 9.17) is 0 Å². The molecule has 1 aromatic heterocycles. The second kappa shape index (κ2) is 8.23. The first-order valence-electron chi connectivity index (χ1n) is 11.0. The van der Waals surface area contributed by atoms with E-state index in [1.165, 1.54) is 12.2 Å². The van der Waals surface area contributed by atoms with Gasteiger partial charge < -0.3 is 4.57 Å². The standard InChI is InChI=1S/C22H25F6N3O2S/c1-31-17(15-5-3-2-4-6-16(15)21(23,24)25)29-30-18(31)20-10-7-19(8-11-20,9-12-20)13-14-34(32,33)22(26,27)28/h3-6H,2,7-14H2,1H3. The number of rotatable bonds is 5. The van der Waals surface area contributed by atoms with Gasteiger partial charge in [0.1, 0.15) is 5.82 Å². The predicted molar refractivity (Wildman–Crippen MR) is 113 cm³/mol. The molecule has 1 aromatic rings. The van der Waals surface area contributed by atoms with Crippen molar-refractivity contribution in [3.63, 3.8) is 0 Å². The van der Waals surface area contributed by atoms with Crippen molar-refractivity contribution in [2.24, 2.45) is 12.5 Å². The number of halogens is 6. The summed E-state index contributed by atoms with van der Waals surface area (Å²) >= 11 is 0. The maximum absolute atomic E-state index is 13.7. The van der Waals surface area contributed by atoms with Crippen LogP contribution in [0.2, 0.25) is 0 Å². The summed E-state index contributed by atoms with van der Waals surface area (Å²) in [5.74, 6) is -0.251. The van der Waals surface area contributed by atoms with Crippen LogP contribution in [0.3, 0.4) is 0 Å². The Hall–Kier alpha value is -2.11.